The quantitative estimate of drug-likeness (QED) is 0.763. The number of hydrogen-bond acceptors (Lipinski definition) is 4. The van der Waals surface area contributed by atoms with Crippen LogP contribution in [-0.4, -0.2) is 39.7 Å². The minimum absolute atomic E-state index is 0.111. The summed E-state index contributed by atoms with van der Waals surface area (Å²) >= 11 is 0. The third kappa shape index (κ3) is 2.82. The first-order valence-corrected chi connectivity index (χ1v) is 6.21. The fraction of sp³-hybridized carbons (Fsp3) is 0.500. The highest BCUT2D eigenvalue weighted by Crippen LogP contribution is 2.28. The largest absolute Gasteiger partial charge is 0.497 e. The van der Waals surface area contributed by atoms with Crippen molar-refractivity contribution < 1.29 is 14.3 Å². The minimum Gasteiger partial charge on any atom is -0.497 e. The average Bonchev–Trinajstić information content (AvgIpc) is 2.46. The van der Waals surface area contributed by atoms with Gasteiger partial charge in [-0.2, -0.15) is 0 Å². The molecule has 1 aliphatic heterocycles. The van der Waals surface area contributed by atoms with Gasteiger partial charge in [0.05, 0.1) is 20.3 Å². The molecule has 1 unspecified atom stereocenters. The van der Waals surface area contributed by atoms with Gasteiger partial charge in [0.1, 0.15) is 12.0 Å². The number of rotatable bonds is 4. The molecule has 1 atom stereocenters. The zero-order valence-corrected chi connectivity index (χ0v) is 10.9. The highest BCUT2D eigenvalue weighted by Gasteiger charge is 2.14. The smallest absolute Gasteiger partial charge is 0.127 e. The molecule has 1 heterocycles. The molecule has 0 bridgehead atoms. The molecule has 4 nitrogen and oxygen atoms in total. The second kappa shape index (κ2) is 5.87. The van der Waals surface area contributed by atoms with Crippen molar-refractivity contribution in [1.82, 2.24) is 0 Å². The van der Waals surface area contributed by atoms with Crippen LogP contribution in [0.3, 0.4) is 0 Å². The standard InChI is InChI=1S/C14H19NO3/c1-11(10-16)12-7-13(9-14(8-12)17-2)15-3-5-18-6-4-15/h7-11H,3-6H2,1-2H3. The van der Waals surface area contributed by atoms with Crippen LogP contribution < -0.4 is 9.64 Å². The minimum atomic E-state index is -0.111. The molecule has 0 saturated carbocycles. The maximum atomic E-state index is 10.9. The summed E-state index contributed by atoms with van der Waals surface area (Å²) in [6.07, 6.45) is 0.956. The Morgan fingerprint density at radius 1 is 1.33 bits per heavy atom. The Morgan fingerprint density at radius 2 is 2.06 bits per heavy atom. The van der Waals surface area contributed by atoms with Gasteiger partial charge in [0, 0.05) is 30.8 Å². The maximum Gasteiger partial charge on any atom is 0.127 e. The van der Waals surface area contributed by atoms with Gasteiger partial charge in [-0.1, -0.05) is 6.92 Å². The van der Waals surface area contributed by atoms with Gasteiger partial charge < -0.3 is 19.2 Å². The highest BCUT2D eigenvalue weighted by atomic mass is 16.5. The average molecular weight is 249 g/mol. The van der Waals surface area contributed by atoms with Crippen LogP contribution in [-0.2, 0) is 9.53 Å². The molecule has 4 heteroatoms. The molecule has 0 amide bonds. The molecular formula is C14H19NO3. The van der Waals surface area contributed by atoms with Crippen LogP contribution in [0.25, 0.3) is 0 Å². The van der Waals surface area contributed by atoms with Crippen molar-refractivity contribution in [2.75, 3.05) is 38.3 Å². The van der Waals surface area contributed by atoms with Crippen molar-refractivity contribution in [3.8, 4) is 5.75 Å². The first-order valence-electron chi connectivity index (χ1n) is 6.21. The summed E-state index contributed by atoms with van der Waals surface area (Å²) in [5.74, 6) is 0.683. The van der Waals surface area contributed by atoms with Gasteiger partial charge in [0.15, 0.2) is 0 Å². The summed E-state index contributed by atoms with van der Waals surface area (Å²) in [6.45, 7) is 5.14. The number of benzene rings is 1. The van der Waals surface area contributed by atoms with E-state index >= 15 is 0 Å². The molecule has 1 fully saturated rings. The Kier molecular flexibility index (Phi) is 4.20. The molecule has 2 rings (SSSR count). The van der Waals surface area contributed by atoms with Crippen LogP contribution >= 0.6 is 0 Å². The normalized spacial score (nSPS) is 17.3. The lowest BCUT2D eigenvalue weighted by Gasteiger charge is -2.29. The van der Waals surface area contributed by atoms with Gasteiger partial charge in [-0.15, -0.1) is 0 Å². The molecule has 0 spiro atoms. The van der Waals surface area contributed by atoms with Gasteiger partial charge in [0.2, 0.25) is 0 Å². The highest BCUT2D eigenvalue weighted by molar-refractivity contribution is 5.65. The van der Waals surface area contributed by atoms with Crippen LogP contribution in [0.5, 0.6) is 5.75 Å². The van der Waals surface area contributed by atoms with Crippen LogP contribution in [0.4, 0.5) is 5.69 Å². The Labute approximate surface area is 107 Å². The van der Waals surface area contributed by atoms with E-state index in [4.69, 9.17) is 9.47 Å². The summed E-state index contributed by atoms with van der Waals surface area (Å²) in [5, 5.41) is 0. The molecule has 1 aromatic rings. The van der Waals surface area contributed by atoms with Crippen molar-refractivity contribution in [2.45, 2.75) is 12.8 Å². The van der Waals surface area contributed by atoms with Gasteiger partial charge in [-0.3, -0.25) is 0 Å². The van der Waals surface area contributed by atoms with E-state index < -0.39 is 0 Å². The number of carbonyl (C=O) groups excluding carboxylic acids is 1. The second-order valence-electron chi connectivity index (χ2n) is 4.49. The molecule has 98 valence electrons. The third-order valence-electron chi connectivity index (χ3n) is 3.26. The fourth-order valence-electron chi connectivity index (χ4n) is 2.07. The van der Waals surface area contributed by atoms with Crippen molar-refractivity contribution in [3.05, 3.63) is 23.8 Å². The SMILES string of the molecule is COc1cc(C(C)C=O)cc(N2CCOCC2)c1. The number of ether oxygens (including phenoxy) is 2. The van der Waals surface area contributed by atoms with E-state index in [9.17, 15) is 4.79 Å². The fourth-order valence-corrected chi connectivity index (χ4v) is 2.07. The molecular weight excluding hydrogens is 230 g/mol. The van der Waals surface area contributed by atoms with E-state index in [-0.39, 0.29) is 5.92 Å². The molecule has 1 aromatic carbocycles. The lowest BCUT2D eigenvalue weighted by molar-refractivity contribution is -0.108. The van der Waals surface area contributed by atoms with Crippen molar-refractivity contribution >= 4 is 12.0 Å². The van der Waals surface area contributed by atoms with E-state index in [1.54, 1.807) is 7.11 Å². The van der Waals surface area contributed by atoms with Crippen LogP contribution in [0, 0.1) is 0 Å². The van der Waals surface area contributed by atoms with Gasteiger partial charge in [0.25, 0.3) is 0 Å². The van der Waals surface area contributed by atoms with Crippen LogP contribution in [0.15, 0.2) is 18.2 Å². The van der Waals surface area contributed by atoms with E-state index in [0.717, 1.165) is 49.6 Å². The summed E-state index contributed by atoms with van der Waals surface area (Å²) in [5.41, 5.74) is 2.09. The van der Waals surface area contributed by atoms with E-state index in [0.29, 0.717) is 0 Å². The van der Waals surface area contributed by atoms with Gasteiger partial charge >= 0.3 is 0 Å². The summed E-state index contributed by atoms with van der Waals surface area (Å²) in [6, 6.07) is 5.99. The van der Waals surface area contributed by atoms with Crippen molar-refractivity contribution in [2.24, 2.45) is 0 Å². The Morgan fingerprint density at radius 3 is 2.67 bits per heavy atom. The second-order valence-corrected chi connectivity index (χ2v) is 4.49. The molecule has 1 saturated heterocycles. The van der Waals surface area contributed by atoms with E-state index in [1.807, 2.05) is 19.1 Å². The summed E-state index contributed by atoms with van der Waals surface area (Å²) in [7, 11) is 1.65. The van der Waals surface area contributed by atoms with E-state index in [1.165, 1.54) is 0 Å². The monoisotopic (exact) mass is 249 g/mol. The number of methoxy groups -OCH3 is 1. The predicted octanol–water partition coefficient (Wildman–Crippen LogP) is 1.83. The van der Waals surface area contributed by atoms with Crippen LogP contribution in [0.1, 0.15) is 18.4 Å². The lowest BCUT2D eigenvalue weighted by atomic mass is 10.0. The van der Waals surface area contributed by atoms with E-state index in [2.05, 4.69) is 11.0 Å². The van der Waals surface area contributed by atoms with Crippen LogP contribution in [0.2, 0.25) is 0 Å². The molecule has 0 aromatic heterocycles. The van der Waals surface area contributed by atoms with Gasteiger partial charge in [-0.05, 0) is 17.7 Å². The number of hydrogen-bond donors (Lipinski definition) is 0. The number of aldehydes is 1. The third-order valence-corrected chi connectivity index (χ3v) is 3.26. The van der Waals surface area contributed by atoms with Gasteiger partial charge in [-0.25, -0.2) is 0 Å². The molecule has 0 aliphatic carbocycles. The number of morpholine rings is 1. The predicted molar refractivity (Wildman–Crippen MR) is 70.5 cm³/mol. The first-order chi connectivity index (χ1) is 8.74. The zero-order valence-electron chi connectivity index (χ0n) is 10.9. The summed E-state index contributed by atoms with van der Waals surface area (Å²) in [4.78, 5) is 13.2. The number of nitrogens with zero attached hydrogens (tertiary/aromatic N) is 1. The molecule has 1 aliphatic rings. The van der Waals surface area contributed by atoms with Crippen molar-refractivity contribution in [1.29, 1.82) is 0 Å². The zero-order chi connectivity index (χ0) is 13.0. The maximum absolute atomic E-state index is 10.9. The number of anilines is 1. The Hall–Kier alpha value is -1.55. The first kappa shape index (κ1) is 12.9. The molecule has 0 N–H and O–H groups in total. The lowest BCUT2D eigenvalue weighted by Crippen LogP contribution is -2.36. The topological polar surface area (TPSA) is 38.8 Å². The van der Waals surface area contributed by atoms with Crippen molar-refractivity contribution in [3.63, 3.8) is 0 Å². The summed E-state index contributed by atoms with van der Waals surface area (Å²) < 4.78 is 10.7. The number of carbonyl (C=O) groups is 1. The molecule has 18 heavy (non-hydrogen) atoms. The Balaban J connectivity index is 2.30. The Bertz CT molecular complexity index is 414. The molecule has 0 radical (unpaired) electrons.